The van der Waals surface area contributed by atoms with Crippen LogP contribution in [0, 0.1) is 19.7 Å². The van der Waals surface area contributed by atoms with Crippen LogP contribution in [0.2, 0.25) is 0 Å². The molecule has 0 radical (unpaired) electrons. The number of benzene rings is 2. The molecule has 0 atom stereocenters. The number of nitrogens with one attached hydrogen (secondary N) is 1. The maximum absolute atomic E-state index is 13.4. The van der Waals surface area contributed by atoms with Gasteiger partial charge in [0.25, 0.3) is 0 Å². The first-order valence-corrected chi connectivity index (χ1v) is 6.69. The molecule has 2 heteroatoms. The van der Waals surface area contributed by atoms with Crippen LogP contribution in [-0.2, 0) is 6.54 Å². The standard InChI is InChI=1S/C17H20FN/c1-4-19-11-14-7-5-6-8-16(14)17-12(2)9-15(18)10-13(17)3/h5-10,19H,4,11H2,1-3H3. The number of hydrogen-bond donors (Lipinski definition) is 1. The van der Waals surface area contributed by atoms with Crippen LogP contribution in [0.25, 0.3) is 11.1 Å². The van der Waals surface area contributed by atoms with E-state index >= 15 is 0 Å². The van der Waals surface area contributed by atoms with Crippen molar-refractivity contribution in [3.8, 4) is 11.1 Å². The van der Waals surface area contributed by atoms with Gasteiger partial charge in [0.1, 0.15) is 5.82 Å². The van der Waals surface area contributed by atoms with Crippen LogP contribution in [0.3, 0.4) is 0 Å². The Balaban J connectivity index is 2.53. The molecule has 19 heavy (non-hydrogen) atoms. The predicted octanol–water partition coefficient (Wildman–Crippen LogP) is 4.22. The van der Waals surface area contributed by atoms with E-state index in [1.54, 1.807) is 12.1 Å². The third-order valence-electron chi connectivity index (χ3n) is 3.35. The fraction of sp³-hybridized carbons (Fsp3) is 0.294. The molecule has 0 fully saturated rings. The number of aryl methyl sites for hydroxylation is 2. The van der Waals surface area contributed by atoms with E-state index in [1.165, 1.54) is 11.1 Å². The van der Waals surface area contributed by atoms with Gasteiger partial charge in [-0.25, -0.2) is 4.39 Å². The van der Waals surface area contributed by atoms with Crippen molar-refractivity contribution in [2.24, 2.45) is 0 Å². The monoisotopic (exact) mass is 257 g/mol. The third kappa shape index (κ3) is 3.02. The zero-order valence-electron chi connectivity index (χ0n) is 11.8. The van der Waals surface area contributed by atoms with E-state index < -0.39 is 0 Å². The zero-order chi connectivity index (χ0) is 13.8. The first kappa shape index (κ1) is 13.8. The van der Waals surface area contributed by atoms with Crippen molar-refractivity contribution in [2.75, 3.05) is 6.54 Å². The molecule has 0 spiro atoms. The molecular weight excluding hydrogens is 237 g/mol. The highest BCUT2D eigenvalue weighted by atomic mass is 19.1. The van der Waals surface area contributed by atoms with Crippen LogP contribution in [0.1, 0.15) is 23.6 Å². The molecule has 2 aromatic rings. The Morgan fingerprint density at radius 1 is 1.05 bits per heavy atom. The second kappa shape index (κ2) is 5.98. The Kier molecular flexibility index (Phi) is 4.33. The molecule has 0 bridgehead atoms. The topological polar surface area (TPSA) is 12.0 Å². The molecule has 0 saturated heterocycles. The van der Waals surface area contributed by atoms with Crippen molar-refractivity contribution in [3.63, 3.8) is 0 Å². The van der Waals surface area contributed by atoms with E-state index in [9.17, 15) is 4.39 Å². The molecule has 0 amide bonds. The van der Waals surface area contributed by atoms with E-state index in [1.807, 2.05) is 26.0 Å². The van der Waals surface area contributed by atoms with E-state index in [-0.39, 0.29) is 5.82 Å². The molecular formula is C17H20FN. The van der Waals surface area contributed by atoms with Crippen LogP contribution in [-0.4, -0.2) is 6.54 Å². The minimum absolute atomic E-state index is 0.164. The third-order valence-corrected chi connectivity index (χ3v) is 3.35. The molecule has 0 aromatic heterocycles. The van der Waals surface area contributed by atoms with Crippen LogP contribution in [0.4, 0.5) is 4.39 Å². The molecule has 1 nitrogen and oxygen atoms in total. The summed E-state index contributed by atoms with van der Waals surface area (Å²) >= 11 is 0. The van der Waals surface area contributed by atoms with Gasteiger partial charge in [-0.05, 0) is 60.3 Å². The maximum Gasteiger partial charge on any atom is 0.123 e. The minimum Gasteiger partial charge on any atom is -0.313 e. The van der Waals surface area contributed by atoms with Crippen LogP contribution >= 0.6 is 0 Å². The Hall–Kier alpha value is -1.67. The Labute approximate surface area is 114 Å². The van der Waals surface area contributed by atoms with Gasteiger partial charge in [-0.15, -0.1) is 0 Å². The highest BCUT2D eigenvalue weighted by molar-refractivity contribution is 5.73. The Morgan fingerprint density at radius 3 is 2.32 bits per heavy atom. The van der Waals surface area contributed by atoms with Gasteiger partial charge in [0.15, 0.2) is 0 Å². The normalized spacial score (nSPS) is 10.7. The second-order valence-electron chi connectivity index (χ2n) is 4.85. The highest BCUT2D eigenvalue weighted by Gasteiger charge is 2.11. The van der Waals surface area contributed by atoms with Crippen LogP contribution < -0.4 is 5.32 Å². The summed E-state index contributed by atoms with van der Waals surface area (Å²) in [6.45, 7) is 7.81. The van der Waals surface area contributed by atoms with Gasteiger partial charge in [-0.3, -0.25) is 0 Å². The SMILES string of the molecule is CCNCc1ccccc1-c1c(C)cc(F)cc1C. The van der Waals surface area contributed by atoms with Crippen LogP contribution in [0.5, 0.6) is 0 Å². The van der Waals surface area contributed by atoms with Gasteiger partial charge in [0.05, 0.1) is 0 Å². The lowest BCUT2D eigenvalue weighted by molar-refractivity contribution is 0.625. The molecule has 2 aromatic carbocycles. The largest absolute Gasteiger partial charge is 0.313 e. The lowest BCUT2D eigenvalue weighted by Crippen LogP contribution is -2.12. The van der Waals surface area contributed by atoms with Crippen molar-refractivity contribution >= 4 is 0 Å². The number of halogens is 1. The first-order valence-electron chi connectivity index (χ1n) is 6.69. The highest BCUT2D eigenvalue weighted by Crippen LogP contribution is 2.30. The fourth-order valence-electron chi connectivity index (χ4n) is 2.51. The molecule has 0 saturated carbocycles. The summed E-state index contributed by atoms with van der Waals surface area (Å²) < 4.78 is 13.4. The molecule has 0 aliphatic carbocycles. The molecule has 0 aliphatic rings. The molecule has 0 heterocycles. The van der Waals surface area contributed by atoms with Crippen molar-refractivity contribution in [2.45, 2.75) is 27.3 Å². The average molecular weight is 257 g/mol. The predicted molar refractivity (Wildman–Crippen MR) is 78.7 cm³/mol. The number of rotatable bonds is 4. The van der Waals surface area contributed by atoms with Gasteiger partial charge in [-0.1, -0.05) is 31.2 Å². The van der Waals surface area contributed by atoms with Gasteiger partial charge in [0.2, 0.25) is 0 Å². The van der Waals surface area contributed by atoms with E-state index in [4.69, 9.17) is 0 Å². The number of hydrogen-bond acceptors (Lipinski definition) is 1. The van der Waals surface area contributed by atoms with Crippen LogP contribution in [0.15, 0.2) is 36.4 Å². The summed E-state index contributed by atoms with van der Waals surface area (Å²) in [5.74, 6) is -0.164. The Bertz CT molecular complexity index is 552. The second-order valence-corrected chi connectivity index (χ2v) is 4.85. The average Bonchev–Trinajstić information content (AvgIpc) is 2.36. The summed E-state index contributed by atoms with van der Waals surface area (Å²) in [6.07, 6.45) is 0. The van der Waals surface area contributed by atoms with Crippen molar-refractivity contribution in [1.82, 2.24) is 5.32 Å². The van der Waals surface area contributed by atoms with Gasteiger partial charge in [0, 0.05) is 6.54 Å². The smallest absolute Gasteiger partial charge is 0.123 e. The summed E-state index contributed by atoms with van der Waals surface area (Å²) in [5, 5.41) is 3.35. The van der Waals surface area contributed by atoms with E-state index in [0.717, 1.165) is 29.8 Å². The van der Waals surface area contributed by atoms with E-state index in [2.05, 4.69) is 24.4 Å². The van der Waals surface area contributed by atoms with Crippen molar-refractivity contribution in [1.29, 1.82) is 0 Å². The fourth-order valence-corrected chi connectivity index (χ4v) is 2.51. The lowest BCUT2D eigenvalue weighted by atomic mass is 9.92. The summed E-state index contributed by atoms with van der Waals surface area (Å²) in [4.78, 5) is 0. The zero-order valence-corrected chi connectivity index (χ0v) is 11.8. The lowest BCUT2D eigenvalue weighted by Gasteiger charge is -2.15. The van der Waals surface area contributed by atoms with Gasteiger partial charge >= 0.3 is 0 Å². The maximum atomic E-state index is 13.4. The van der Waals surface area contributed by atoms with Crippen molar-refractivity contribution in [3.05, 3.63) is 58.9 Å². The molecule has 2 rings (SSSR count). The van der Waals surface area contributed by atoms with Gasteiger partial charge in [-0.2, -0.15) is 0 Å². The summed E-state index contributed by atoms with van der Waals surface area (Å²) in [5.41, 5.74) is 5.57. The summed E-state index contributed by atoms with van der Waals surface area (Å²) in [7, 11) is 0. The molecule has 0 aliphatic heterocycles. The van der Waals surface area contributed by atoms with Crippen molar-refractivity contribution < 1.29 is 4.39 Å². The van der Waals surface area contributed by atoms with E-state index in [0.29, 0.717) is 0 Å². The van der Waals surface area contributed by atoms with Gasteiger partial charge < -0.3 is 5.32 Å². The molecule has 0 unspecified atom stereocenters. The summed E-state index contributed by atoms with van der Waals surface area (Å²) in [6, 6.07) is 11.5. The molecule has 100 valence electrons. The quantitative estimate of drug-likeness (QED) is 0.864. The Morgan fingerprint density at radius 2 is 1.68 bits per heavy atom. The minimum atomic E-state index is -0.164. The first-order chi connectivity index (χ1) is 9.13. The molecule has 1 N–H and O–H groups in total.